The van der Waals surface area contributed by atoms with Gasteiger partial charge in [-0.25, -0.2) is 17.5 Å². The zero-order chi connectivity index (χ0) is 13.5. The van der Waals surface area contributed by atoms with E-state index in [2.05, 4.69) is 4.72 Å². The molecule has 1 aliphatic rings. The molecule has 1 saturated carbocycles. The molecule has 0 saturated heterocycles. The van der Waals surface area contributed by atoms with Crippen molar-refractivity contribution in [2.24, 2.45) is 5.92 Å². The number of methoxy groups -OCH3 is 1. The Balaban J connectivity index is 2.33. The average Bonchev–Trinajstić information content (AvgIpc) is 2.92. The molecule has 0 aliphatic heterocycles. The highest BCUT2D eigenvalue weighted by Crippen LogP contribution is 2.32. The maximum absolute atomic E-state index is 13.6. The second kappa shape index (κ2) is 4.40. The van der Waals surface area contributed by atoms with Gasteiger partial charge in [-0.15, -0.1) is 0 Å². The molecule has 1 aliphatic carbocycles. The molecule has 0 aromatic heterocycles. The smallest absolute Gasteiger partial charge is 0.241 e. The van der Waals surface area contributed by atoms with Crippen LogP contribution in [-0.2, 0) is 10.0 Å². The maximum Gasteiger partial charge on any atom is 0.241 e. The number of halogens is 1. The first-order valence-electron chi connectivity index (χ1n) is 5.50. The van der Waals surface area contributed by atoms with E-state index in [-0.39, 0.29) is 22.4 Å². The average molecular weight is 274 g/mol. The highest BCUT2D eigenvalue weighted by molar-refractivity contribution is 7.89. The van der Waals surface area contributed by atoms with Crippen LogP contribution in [0.3, 0.4) is 0 Å². The first-order chi connectivity index (χ1) is 8.35. The number of anilines is 1. The first kappa shape index (κ1) is 13.1. The van der Waals surface area contributed by atoms with Gasteiger partial charge in [-0.1, -0.05) is 6.92 Å². The summed E-state index contributed by atoms with van der Waals surface area (Å²) in [5.41, 5.74) is 5.51. The molecule has 0 spiro atoms. The third-order valence-corrected chi connectivity index (χ3v) is 4.45. The van der Waals surface area contributed by atoms with Crippen LogP contribution in [0.15, 0.2) is 17.0 Å². The number of nitrogen functional groups attached to an aromatic ring is 1. The monoisotopic (exact) mass is 274 g/mol. The summed E-state index contributed by atoms with van der Waals surface area (Å²) >= 11 is 0. The van der Waals surface area contributed by atoms with Gasteiger partial charge in [-0.3, -0.25) is 0 Å². The number of benzene rings is 1. The fourth-order valence-electron chi connectivity index (χ4n) is 1.71. The molecule has 5 nitrogen and oxygen atoms in total. The van der Waals surface area contributed by atoms with Gasteiger partial charge in [-0.2, -0.15) is 0 Å². The predicted octanol–water partition coefficient (Wildman–Crippen LogP) is 1.10. The zero-order valence-corrected chi connectivity index (χ0v) is 10.9. The van der Waals surface area contributed by atoms with Crippen molar-refractivity contribution in [3.05, 3.63) is 17.9 Å². The van der Waals surface area contributed by atoms with Gasteiger partial charge in [0.25, 0.3) is 0 Å². The van der Waals surface area contributed by atoms with Gasteiger partial charge in [0.2, 0.25) is 10.0 Å². The van der Waals surface area contributed by atoms with Gasteiger partial charge in [0.1, 0.15) is 0 Å². The molecule has 1 aromatic rings. The Kier molecular flexibility index (Phi) is 3.20. The lowest BCUT2D eigenvalue weighted by atomic mass is 10.3. The van der Waals surface area contributed by atoms with Crippen LogP contribution < -0.4 is 15.2 Å². The van der Waals surface area contributed by atoms with Gasteiger partial charge in [0.05, 0.1) is 17.7 Å². The quantitative estimate of drug-likeness (QED) is 0.806. The lowest BCUT2D eigenvalue weighted by Gasteiger charge is -2.10. The van der Waals surface area contributed by atoms with E-state index >= 15 is 0 Å². The minimum atomic E-state index is -3.73. The topological polar surface area (TPSA) is 81.4 Å². The molecule has 18 heavy (non-hydrogen) atoms. The van der Waals surface area contributed by atoms with Crippen molar-refractivity contribution in [1.29, 1.82) is 0 Å². The van der Waals surface area contributed by atoms with Crippen LogP contribution in [0.1, 0.15) is 13.3 Å². The molecule has 7 heteroatoms. The van der Waals surface area contributed by atoms with Crippen LogP contribution in [0.25, 0.3) is 0 Å². The van der Waals surface area contributed by atoms with Gasteiger partial charge < -0.3 is 10.5 Å². The maximum atomic E-state index is 13.6. The normalized spacial score (nSPS) is 22.8. The Morgan fingerprint density at radius 3 is 2.56 bits per heavy atom. The predicted molar refractivity (Wildman–Crippen MR) is 65.3 cm³/mol. The summed E-state index contributed by atoms with van der Waals surface area (Å²) in [5, 5.41) is 0. The van der Waals surface area contributed by atoms with Gasteiger partial charge >= 0.3 is 0 Å². The Hall–Kier alpha value is -1.34. The Bertz CT molecular complexity index is 551. The minimum absolute atomic E-state index is 0.0401. The van der Waals surface area contributed by atoms with E-state index in [0.717, 1.165) is 12.5 Å². The Morgan fingerprint density at radius 1 is 1.50 bits per heavy atom. The second-order valence-corrected chi connectivity index (χ2v) is 6.18. The number of hydrogen-bond acceptors (Lipinski definition) is 4. The molecule has 100 valence electrons. The van der Waals surface area contributed by atoms with E-state index in [1.807, 2.05) is 6.92 Å². The summed E-state index contributed by atoms with van der Waals surface area (Å²) in [6.07, 6.45) is 0.799. The highest BCUT2D eigenvalue weighted by atomic mass is 32.2. The number of rotatable bonds is 4. The van der Waals surface area contributed by atoms with E-state index in [9.17, 15) is 12.8 Å². The van der Waals surface area contributed by atoms with Crippen LogP contribution in [0.2, 0.25) is 0 Å². The summed E-state index contributed by atoms with van der Waals surface area (Å²) in [6, 6.07) is 2.03. The standard InChI is InChI=1S/C11H15FN2O3S/c1-6-3-10(6)14-18(15,16)7-4-8(12)11(17-2)9(13)5-7/h4-6,10,14H,3,13H2,1-2H3. The van der Waals surface area contributed by atoms with Crippen molar-refractivity contribution in [3.8, 4) is 5.75 Å². The van der Waals surface area contributed by atoms with E-state index in [4.69, 9.17) is 10.5 Å². The molecule has 0 radical (unpaired) electrons. The number of sulfonamides is 1. The van der Waals surface area contributed by atoms with Crippen molar-refractivity contribution in [1.82, 2.24) is 4.72 Å². The van der Waals surface area contributed by atoms with Crippen LogP contribution >= 0.6 is 0 Å². The summed E-state index contributed by atoms with van der Waals surface area (Å²) in [7, 11) is -2.45. The minimum Gasteiger partial charge on any atom is -0.492 e. The molecule has 2 atom stereocenters. The third-order valence-electron chi connectivity index (χ3n) is 2.98. The van der Waals surface area contributed by atoms with Crippen LogP contribution in [0, 0.1) is 11.7 Å². The number of hydrogen-bond donors (Lipinski definition) is 2. The molecule has 1 fully saturated rings. The van der Waals surface area contributed by atoms with Crippen molar-refractivity contribution in [2.45, 2.75) is 24.3 Å². The molecule has 2 rings (SSSR count). The van der Waals surface area contributed by atoms with E-state index in [1.54, 1.807) is 0 Å². The van der Waals surface area contributed by atoms with Crippen molar-refractivity contribution in [3.63, 3.8) is 0 Å². The lowest BCUT2D eigenvalue weighted by Crippen LogP contribution is -2.27. The molecule has 0 amide bonds. The summed E-state index contributed by atoms with van der Waals surface area (Å²) in [4.78, 5) is -0.183. The van der Waals surface area contributed by atoms with Crippen LogP contribution in [-0.4, -0.2) is 21.6 Å². The van der Waals surface area contributed by atoms with Crippen LogP contribution in [0.5, 0.6) is 5.75 Å². The fourth-order valence-corrected chi connectivity index (χ4v) is 3.12. The number of ether oxygens (including phenoxy) is 1. The molecular formula is C11H15FN2O3S. The molecule has 2 unspecified atom stereocenters. The molecular weight excluding hydrogens is 259 g/mol. The Labute approximate surface area is 105 Å². The van der Waals surface area contributed by atoms with Gasteiger partial charge in [0, 0.05) is 6.04 Å². The third kappa shape index (κ3) is 2.41. The van der Waals surface area contributed by atoms with Crippen molar-refractivity contribution < 1.29 is 17.5 Å². The second-order valence-electron chi connectivity index (χ2n) is 4.47. The van der Waals surface area contributed by atoms with E-state index in [0.29, 0.717) is 5.92 Å². The molecule has 0 heterocycles. The summed E-state index contributed by atoms with van der Waals surface area (Å²) in [5.74, 6) is -0.615. The summed E-state index contributed by atoms with van der Waals surface area (Å²) in [6.45, 7) is 1.94. The molecule has 1 aromatic carbocycles. The Morgan fingerprint density at radius 2 is 2.11 bits per heavy atom. The zero-order valence-electron chi connectivity index (χ0n) is 10.1. The van der Waals surface area contributed by atoms with Gasteiger partial charge in [-0.05, 0) is 24.5 Å². The van der Waals surface area contributed by atoms with Crippen LogP contribution in [0.4, 0.5) is 10.1 Å². The first-order valence-corrected chi connectivity index (χ1v) is 6.99. The summed E-state index contributed by atoms with van der Waals surface area (Å²) < 4.78 is 44.7. The van der Waals surface area contributed by atoms with Crippen molar-refractivity contribution >= 4 is 15.7 Å². The van der Waals surface area contributed by atoms with E-state index < -0.39 is 15.8 Å². The van der Waals surface area contributed by atoms with Crippen molar-refractivity contribution in [2.75, 3.05) is 12.8 Å². The molecule has 0 bridgehead atoms. The lowest BCUT2D eigenvalue weighted by molar-refractivity contribution is 0.388. The van der Waals surface area contributed by atoms with Gasteiger partial charge in [0.15, 0.2) is 11.6 Å². The van der Waals surface area contributed by atoms with E-state index in [1.165, 1.54) is 13.2 Å². The SMILES string of the molecule is COc1c(N)cc(S(=O)(=O)NC2CC2C)cc1F. The largest absolute Gasteiger partial charge is 0.492 e. The number of nitrogens with two attached hydrogens (primary N) is 1. The highest BCUT2D eigenvalue weighted by Gasteiger charge is 2.36. The molecule has 3 N–H and O–H groups in total. The fraction of sp³-hybridized carbons (Fsp3) is 0.455. The number of nitrogens with one attached hydrogen (secondary N) is 1.